The van der Waals surface area contributed by atoms with Gasteiger partial charge in [0.2, 0.25) is 5.91 Å². The molecule has 0 unspecified atom stereocenters. The summed E-state index contributed by atoms with van der Waals surface area (Å²) in [5.74, 6) is -0.171. The van der Waals surface area contributed by atoms with Crippen molar-refractivity contribution in [3.63, 3.8) is 0 Å². The topological polar surface area (TPSA) is 88.8 Å². The summed E-state index contributed by atoms with van der Waals surface area (Å²) in [7, 11) is 0. The highest BCUT2D eigenvalue weighted by Crippen LogP contribution is 2.25. The van der Waals surface area contributed by atoms with E-state index in [0.29, 0.717) is 23.7 Å². The van der Waals surface area contributed by atoms with Crippen molar-refractivity contribution in [2.45, 2.75) is 46.1 Å². The second-order valence-electron chi connectivity index (χ2n) is 8.57. The zero-order valence-electron chi connectivity index (χ0n) is 17.5. The molecule has 0 aromatic heterocycles. The molecule has 2 amide bonds. The van der Waals surface area contributed by atoms with E-state index in [0.717, 1.165) is 0 Å². The lowest BCUT2D eigenvalue weighted by atomic mass is 9.85. The molecule has 5 heteroatoms. The second-order valence-corrected chi connectivity index (χ2v) is 8.57. The monoisotopic (exact) mass is 382 g/mol. The molecule has 1 atom stereocenters. The Morgan fingerprint density at radius 3 is 2.04 bits per heavy atom. The molecule has 2 aromatic carbocycles. The number of primary amides is 1. The molecule has 0 aliphatic rings. The van der Waals surface area contributed by atoms with Crippen molar-refractivity contribution >= 4 is 17.5 Å². The van der Waals surface area contributed by atoms with E-state index in [1.807, 2.05) is 0 Å². The molecule has 0 saturated carbocycles. The fraction of sp³-hybridized carbons (Fsp3) is 0.391. The fourth-order valence-electron chi connectivity index (χ4n) is 3.16. The van der Waals surface area contributed by atoms with Crippen LogP contribution in [0, 0.1) is 5.92 Å². The summed E-state index contributed by atoms with van der Waals surface area (Å²) in [5, 5.41) is 4.93. The maximum Gasteiger partial charge on any atom is 0.279 e. The first-order chi connectivity index (χ1) is 13.1. The van der Waals surface area contributed by atoms with Gasteiger partial charge in [-0.3, -0.25) is 9.59 Å². The van der Waals surface area contributed by atoms with E-state index in [1.165, 1.54) is 11.1 Å². The highest BCUT2D eigenvalue weighted by Gasteiger charge is 2.22. The molecule has 28 heavy (non-hydrogen) atoms. The van der Waals surface area contributed by atoms with Crippen molar-refractivity contribution in [3.8, 4) is 0 Å². The summed E-state index contributed by atoms with van der Waals surface area (Å²) in [6.07, 6.45) is 0. The van der Waals surface area contributed by atoms with Crippen LogP contribution in [0.2, 0.25) is 0 Å². The summed E-state index contributed by atoms with van der Waals surface area (Å²) in [6, 6.07) is 15.5. The Hall–Kier alpha value is -2.66. The van der Waals surface area contributed by atoms with Crippen LogP contribution in [0.25, 0.3) is 0 Å². The molecular weight excluding hydrogens is 350 g/mol. The molecule has 0 fully saturated rings. The number of carbonyl (C=O) groups is 2. The SMILES string of the molecule is CC(C)[C@@H]([NH2+]CC(=O)Nc1ccc(C(N)=O)cc1)c1ccc(C(C)(C)C)cc1. The molecule has 2 aromatic rings. The molecular formula is C23H32N3O2+. The van der Waals surface area contributed by atoms with Gasteiger partial charge in [-0.05, 0) is 35.2 Å². The standard InChI is InChI=1S/C23H31N3O2/c1-15(2)21(16-6-10-18(11-7-16)23(3,4)5)25-14-20(27)26-19-12-8-17(9-13-19)22(24)28/h6-13,15,21,25H,14H2,1-5H3,(H2,24,28)(H,26,27)/p+1/t21-/m1/s1. The van der Waals surface area contributed by atoms with E-state index in [1.54, 1.807) is 24.3 Å². The Kier molecular flexibility index (Phi) is 6.97. The highest BCUT2D eigenvalue weighted by atomic mass is 16.2. The number of quaternary nitrogens is 1. The first-order valence-corrected chi connectivity index (χ1v) is 9.71. The minimum absolute atomic E-state index is 0.0798. The van der Waals surface area contributed by atoms with Crippen molar-refractivity contribution in [3.05, 3.63) is 65.2 Å². The quantitative estimate of drug-likeness (QED) is 0.687. The average Bonchev–Trinajstić information content (AvgIpc) is 2.61. The zero-order valence-corrected chi connectivity index (χ0v) is 17.5. The molecule has 0 bridgehead atoms. The van der Waals surface area contributed by atoms with E-state index >= 15 is 0 Å². The molecule has 2 rings (SSSR count). The van der Waals surface area contributed by atoms with Crippen LogP contribution in [0.3, 0.4) is 0 Å². The molecule has 0 heterocycles. The zero-order chi connectivity index (χ0) is 20.9. The van der Waals surface area contributed by atoms with Gasteiger partial charge in [0.25, 0.3) is 5.91 Å². The molecule has 5 nitrogen and oxygen atoms in total. The predicted octanol–water partition coefficient (Wildman–Crippen LogP) is 2.98. The molecule has 0 radical (unpaired) electrons. The molecule has 0 saturated heterocycles. The van der Waals surface area contributed by atoms with E-state index in [9.17, 15) is 9.59 Å². The molecule has 0 spiro atoms. The third-order valence-corrected chi connectivity index (χ3v) is 4.89. The summed E-state index contributed by atoms with van der Waals surface area (Å²) in [5.41, 5.74) is 8.95. The summed E-state index contributed by atoms with van der Waals surface area (Å²) in [4.78, 5) is 23.5. The third kappa shape index (κ3) is 5.92. The van der Waals surface area contributed by atoms with Gasteiger partial charge in [0, 0.05) is 22.7 Å². The predicted molar refractivity (Wildman–Crippen MR) is 113 cm³/mol. The highest BCUT2D eigenvalue weighted by molar-refractivity contribution is 5.95. The van der Waals surface area contributed by atoms with Crippen LogP contribution in [0.15, 0.2) is 48.5 Å². The van der Waals surface area contributed by atoms with Gasteiger partial charge in [0.1, 0.15) is 6.04 Å². The normalized spacial score (nSPS) is 12.6. The number of anilines is 1. The van der Waals surface area contributed by atoms with E-state index < -0.39 is 5.91 Å². The number of carbonyl (C=O) groups excluding carboxylic acids is 2. The number of nitrogens with one attached hydrogen (secondary N) is 1. The summed E-state index contributed by atoms with van der Waals surface area (Å²) < 4.78 is 0. The van der Waals surface area contributed by atoms with Crippen molar-refractivity contribution < 1.29 is 14.9 Å². The molecule has 0 aliphatic carbocycles. The maximum atomic E-state index is 12.3. The minimum atomic E-state index is -0.483. The summed E-state index contributed by atoms with van der Waals surface area (Å²) in [6.45, 7) is 11.3. The maximum absolute atomic E-state index is 12.3. The minimum Gasteiger partial charge on any atom is -0.366 e. The Balaban J connectivity index is 1.99. The number of hydrogen-bond acceptors (Lipinski definition) is 2. The van der Waals surface area contributed by atoms with Crippen LogP contribution >= 0.6 is 0 Å². The van der Waals surface area contributed by atoms with Gasteiger partial charge < -0.3 is 16.4 Å². The van der Waals surface area contributed by atoms with Crippen LogP contribution in [-0.4, -0.2) is 18.4 Å². The van der Waals surface area contributed by atoms with E-state index in [2.05, 4.69) is 69.5 Å². The Bertz CT molecular complexity index is 803. The van der Waals surface area contributed by atoms with Gasteiger partial charge in [-0.15, -0.1) is 0 Å². The van der Waals surface area contributed by atoms with Crippen molar-refractivity contribution in [2.75, 3.05) is 11.9 Å². The van der Waals surface area contributed by atoms with Gasteiger partial charge >= 0.3 is 0 Å². The summed E-state index contributed by atoms with van der Waals surface area (Å²) >= 11 is 0. The lowest BCUT2D eigenvalue weighted by molar-refractivity contribution is -0.692. The number of amides is 2. The van der Waals surface area contributed by atoms with E-state index in [4.69, 9.17) is 5.73 Å². The van der Waals surface area contributed by atoms with Crippen molar-refractivity contribution in [1.29, 1.82) is 0 Å². The number of hydrogen-bond donors (Lipinski definition) is 3. The Morgan fingerprint density at radius 2 is 1.57 bits per heavy atom. The van der Waals surface area contributed by atoms with Crippen LogP contribution in [0.5, 0.6) is 0 Å². The molecule has 150 valence electrons. The first kappa shape index (κ1) is 21.6. The van der Waals surface area contributed by atoms with Crippen molar-refractivity contribution in [1.82, 2.24) is 0 Å². The first-order valence-electron chi connectivity index (χ1n) is 9.71. The van der Waals surface area contributed by atoms with Crippen LogP contribution < -0.4 is 16.4 Å². The number of benzene rings is 2. The molecule has 0 aliphatic heterocycles. The average molecular weight is 383 g/mol. The fourth-order valence-corrected chi connectivity index (χ4v) is 3.16. The number of nitrogens with two attached hydrogens (primary N) is 2. The van der Waals surface area contributed by atoms with Crippen LogP contribution in [-0.2, 0) is 10.2 Å². The van der Waals surface area contributed by atoms with Crippen LogP contribution in [0.4, 0.5) is 5.69 Å². The van der Waals surface area contributed by atoms with Crippen LogP contribution in [0.1, 0.15) is 62.1 Å². The van der Waals surface area contributed by atoms with Gasteiger partial charge in [-0.2, -0.15) is 0 Å². The Morgan fingerprint density at radius 1 is 1.00 bits per heavy atom. The van der Waals surface area contributed by atoms with Gasteiger partial charge in [-0.25, -0.2) is 0 Å². The Labute approximate surface area is 167 Å². The lowest BCUT2D eigenvalue weighted by Gasteiger charge is -2.22. The van der Waals surface area contributed by atoms with Gasteiger partial charge in [0.15, 0.2) is 6.54 Å². The van der Waals surface area contributed by atoms with Gasteiger partial charge in [-0.1, -0.05) is 58.9 Å². The lowest BCUT2D eigenvalue weighted by Crippen LogP contribution is -2.88. The van der Waals surface area contributed by atoms with Crippen molar-refractivity contribution in [2.24, 2.45) is 11.7 Å². The van der Waals surface area contributed by atoms with E-state index in [-0.39, 0.29) is 17.4 Å². The van der Waals surface area contributed by atoms with Gasteiger partial charge in [0.05, 0.1) is 0 Å². The number of rotatable bonds is 7. The smallest absolute Gasteiger partial charge is 0.279 e. The largest absolute Gasteiger partial charge is 0.366 e. The molecule has 5 N–H and O–H groups in total. The third-order valence-electron chi connectivity index (χ3n) is 4.89. The second kappa shape index (κ2) is 9.02.